The Hall–Kier alpha value is -2.11. The van der Waals surface area contributed by atoms with Crippen molar-refractivity contribution in [2.75, 3.05) is 0 Å². The van der Waals surface area contributed by atoms with Gasteiger partial charge in [0.25, 0.3) is 5.91 Å². The number of carbonyl (C=O) groups is 1. The minimum atomic E-state index is -0.321. The third kappa shape index (κ3) is 2.84. The standard InChI is InChI=1S/C15H11ClN2O2S/c1-9-2-3-11-12(6-9)21-14(13(11)16)15(19)18-17-7-10-4-5-20-8-10/h2-8H,1H3,(H,18,19). The molecule has 0 aliphatic carbocycles. The fourth-order valence-corrected chi connectivity index (χ4v) is 3.39. The van der Waals surface area contributed by atoms with Gasteiger partial charge < -0.3 is 4.42 Å². The number of nitrogens with zero attached hydrogens (tertiary/aromatic N) is 1. The molecule has 106 valence electrons. The molecule has 6 heteroatoms. The van der Waals surface area contributed by atoms with Gasteiger partial charge >= 0.3 is 0 Å². The molecule has 0 fully saturated rings. The molecule has 0 bridgehead atoms. The maximum atomic E-state index is 12.1. The van der Waals surface area contributed by atoms with Crippen molar-refractivity contribution >= 4 is 45.1 Å². The van der Waals surface area contributed by atoms with E-state index in [0.29, 0.717) is 9.90 Å². The van der Waals surface area contributed by atoms with Crippen molar-refractivity contribution in [3.8, 4) is 0 Å². The summed E-state index contributed by atoms with van der Waals surface area (Å²) in [6.07, 6.45) is 4.58. The first-order chi connectivity index (χ1) is 10.1. The number of thiophene rings is 1. The maximum absolute atomic E-state index is 12.1. The van der Waals surface area contributed by atoms with E-state index in [1.54, 1.807) is 6.07 Å². The lowest BCUT2D eigenvalue weighted by Crippen LogP contribution is -2.16. The number of nitrogens with one attached hydrogen (secondary N) is 1. The van der Waals surface area contributed by atoms with Gasteiger partial charge in [-0.15, -0.1) is 11.3 Å². The average molecular weight is 319 g/mol. The van der Waals surface area contributed by atoms with Crippen molar-refractivity contribution in [1.82, 2.24) is 5.43 Å². The van der Waals surface area contributed by atoms with Crippen molar-refractivity contribution < 1.29 is 9.21 Å². The highest BCUT2D eigenvalue weighted by Gasteiger charge is 2.16. The van der Waals surface area contributed by atoms with Crippen LogP contribution in [0.25, 0.3) is 10.1 Å². The molecule has 2 heterocycles. The topological polar surface area (TPSA) is 54.6 Å². The summed E-state index contributed by atoms with van der Waals surface area (Å²) in [5, 5.41) is 5.23. The van der Waals surface area contributed by atoms with Gasteiger partial charge in [-0.2, -0.15) is 5.10 Å². The number of fused-ring (bicyclic) bond motifs is 1. The minimum absolute atomic E-state index is 0.321. The summed E-state index contributed by atoms with van der Waals surface area (Å²) in [6.45, 7) is 2.00. The van der Waals surface area contributed by atoms with Crippen LogP contribution in [0.1, 0.15) is 20.8 Å². The molecular weight excluding hydrogens is 308 g/mol. The first-order valence-electron chi connectivity index (χ1n) is 6.19. The molecule has 1 aromatic carbocycles. The third-order valence-corrected chi connectivity index (χ3v) is 4.57. The van der Waals surface area contributed by atoms with E-state index in [0.717, 1.165) is 21.2 Å². The molecular formula is C15H11ClN2O2S. The van der Waals surface area contributed by atoms with Gasteiger partial charge in [-0.05, 0) is 24.6 Å². The van der Waals surface area contributed by atoms with E-state index >= 15 is 0 Å². The monoisotopic (exact) mass is 318 g/mol. The van der Waals surface area contributed by atoms with Gasteiger partial charge in [-0.1, -0.05) is 23.7 Å². The zero-order valence-electron chi connectivity index (χ0n) is 11.1. The third-order valence-electron chi connectivity index (χ3n) is 2.91. The molecule has 21 heavy (non-hydrogen) atoms. The maximum Gasteiger partial charge on any atom is 0.283 e. The van der Waals surface area contributed by atoms with Crippen LogP contribution in [0.3, 0.4) is 0 Å². The fraction of sp³-hybridized carbons (Fsp3) is 0.0667. The number of carbonyl (C=O) groups excluding carboxylic acids is 1. The molecule has 2 aromatic heterocycles. The van der Waals surface area contributed by atoms with Crippen LogP contribution in [-0.4, -0.2) is 12.1 Å². The summed E-state index contributed by atoms with van der Waals surface area (Å²) in [7, 11) is 0. The van der Waals surface area contributed by atoms with Crippen LogP contribution in [0.15, 0.2) is 46.3 Å². The molecule has 1 N–H and O–H groups in total. The number of benzene rings is 1. The smallest absolute Gasteiger partial charge is 0.283 e. The van der Waals surface area contributed by atoms with E-state index < -0.39 is 0 Å². The summed E-state index contributed by atoms with van der Waals surface area (Å²) < 4.78 is 5.89. The summed E-state index contributed by atoms with van der Waals surface area (Å²) >= 11 is 7.62. The second kappa shape index (κ2) is 5.71. The highest BCUT2D eigenvalue weighted by atomic mass is 35.5. The van der Waals surface area contributed by atoms with Gasteiger partial charge in [0.05, 0.1) is 23.8 Å². The zero-order chi connectivity index (χ0) is 14.8. The number of halogens is 1. The Morgan fingerprint density at radius 3 is 3.05 bits per heavy atom. The van der Waals surface area contributed by atoms with Crippen LogP contribution in [0.4, 0.5) is 0 Å². The highest BCUT2D eigenvalue weighted by molar-refractivity contribution is 7.21. The second-order valence-electron chi connectivity index (χ2n) is 4.50. The fourth-order valence-electron chi connectivity index (χ4n) is 1.88. The Bertz CT molecular complexity index is 822. The first kappa shape index (κ1) is 13.9. The van der Waals surface area contributed by atoms with Crippen LogP contribution in [0.5, 0.6) is 0 Å². The average Bonchev–Trinajstić information content (AvgIpc) is 3.07. The Balaban J connectivity index is 1.83. The van der Waals surface area contributed by atoms with E-state index in [4.69, 9.17) is 16.0 Å². The number of hydrazone groups is 1. The molecule has 0 atom stereocenters. The molecule has 4 nitrogen and oxygen atoms in total. The SMILES string of the molecule is Cc1ccc2c(Cl)c(C(=O)NN=Cc3ccoc3)sc2c1. The van der Waals surface area contributed by atoms with Gasteiger partial charge in [0.1, 0.15) is 4.88 Å². The summed E-state index contributed by atoms with van der Waals surface area (Å²) in [5.41, 5.74) is 4.37. The van der Waals surface area contributed by atoms with Crippen molar-refractivity contribution in [3.05, 3.63) is 57.8 Å². The molecule has 0 aliphatic heterocycles. The number of furan rings is 1. The van der Waals surface area contributed by atoms with Crippen molar-refractivity contribution in [3.63, 3.8) is 0 Å². The summed E-state index contributed by atoms with van der Waals surface area (Å²) in [5.74, 6) is -0.321. The molecule has 0 saturated carbocycles. The lowest BCUT2D eigenvalue weighted by atomic mass is 10.2. The first-order valence-corrected chi connectivity index (χ1v) is 7.39. The Kier molecular flexibility index (Phi) is 3.77. The van der Waals surface area contributed by atoms with Gasteiger partial charge in [0, 0.05) is 15.6 Å². The molecule has 0 unspecified atom stereocenters. The van der Waals surface area contributed by atoms with Gasteiger partial charge in [-0.25, -0.2) is 5.43 Å². The predicted molar refractivity (Wildman–Crippen MR) is 85.3 cm³/mol. The van der Waals surface area contributed by atoms with E-state index in [1.807, 2.05) is 25.1 Å². The van der Waals surface area contributed by atoms with Gasteiger partial charge in [0.15, 0.2) is 0 Å². The van der Waals surface area contributed by atoms with Gasteiger partial charge in [0.2, 0.25) is 0 Å². The minimum Gasteiger partial charge on any atom is -0.472 e. The highest BCUT2D eigenvalue weighted by Crippen LogP contribution is 2.35. The molecule has 1 amide bonds. The molecule has 3 aromatic rings. The number of aryl methyl sites for hydroxylation is 1. The van der Waals surface area contributed by atoms with Crippen LogP contribution >= 0.6 is 22.9 Å². The van der Waals surface area contributed by atoms with Crippen LogP contribution in [0, 0.1) is 6.92 Å². The molecule has 0 aliphatic rings. The lowest BCUT2D eigenvalue weighted by molar-refractivity contribution is 0.0959. The quantitative estimate of drug-likeness (QED) is 0.580. The zero-order valence-corrected chi connectivity index (χ0v) is 12.7. The van der Waals surface area contributed by atoms with Crippen LogP contribution < -0.4 is 5.43 Å². The largest absolute Gasteiger partial charge is 0.472 e. The molecule has 0 saturated heterocycles. The van der Waals surface area contributed by atoms with Gasteiger partial charge in [-0.3, -0.25) is 4.79 Å². The second-order valence-corrected chi connectivity index (χ2v) is 5.93. The Labute approximate surface area is 130 Å². The number of hydrogen-bond acceptors (Lipinski definition) is 4. The Morgan fingerprint density at radius 2 is 2.29 bits per heavy atom. The Morgan fingerprint density at radius 1 is 1.43 bits per heavy atom. The van der Waals surface area contributed by atoms with Crippen molar-refractivity contribution in [2.24, 2.45) is 5.10 Å². The van der Waals surface area contributed by atoms with E-state index in [1.165, 1.54) is 30.1 Å². The molecule has 3 rings (SSSR count). The van der Waals surface area contributed by atoms with Crippen molar-refractivity contribution in [2.45, 2.75) is 6.92 Å². The van der Waals surface area contributed by atoms with E-state index in [-0.39, 0.29) is 5.91 Å². The summed E-state index contributed by atoms with van der Waals surface area (Å²) in [4.78, 5) is 12.6. The molecule has 0 radical (unpaired) electrons. The normalized spacial score (nSPS) is 11.3. The number of rotatable bonds is 3. The van der Waals surface area contributed by atoms with Crippen LogP contribution in [-0.2, 0) is 0 Å². The van der Waals surface area contributed by atoms with E-state index in [9.17, 15) is 4.79 Å². The number of hydrogen-bond donors (Lipinski definition) is 1. The molecule has 0 spiro atoms. The number of amides is 1. The summed E-state index contributed by atoms with van der Waals surface area (Å²) in [6, 6.07) is 7.65. The van der Waals surface area contributed by atoms with Crippen LogP contribution in [0.2, 0.25) is 5.02 Å². The van der Waals surface area contributed by atoms with Crippen molar-refractivity contribution in [1.29, 1.82) is 0 Å². The van der Waals surface area contributed by atoms with E-state index in [2.05, 4.69) is 10.5 Å². The lowest BCUT2D eigenvalue weighted by Gasteiger charge is -1.96. The predicted octanol–water partition coefficient (Wildman–Crippen LogP) is 4.22.